The van der Waals surface area contributed by atoms with Crippen LogP contribution in [-0.2, 0) is 6.54 Å². The summed E-state index contributed by atoms with van der Waals surface area (Å²) in [6, 6.07) is 22.7. The van der Waals surface area contributed by atoms with Crippen LogP contribution in [0.25, 0.3) is 0 Å². The van der Waals surface area contributed by atoms with E-state index in [-0.39, 0.29) is 5.91 Å². The summed E-state index contributed by atoms with van der Waals surface area (Å²) < 4.78 is 0. The maximum absolute atomic E-state index is 12.5. The molecule has 30 heavy (non-hydrogen) atoms. The number of anilines is 3. The van der Waals surface area contributed by atoms with E-state index >= 15 is 0 Å². The van der Waals surface area contributed by atoms with Crippen molar-refractivity contribution in [3.05, 3.63) is 84.1 Å². The van der Waals surface area contributed by atoms with Crippen LogP contribution in [0.2, 0.25) is 0 Å². The molecule has 2 aromatic carbocycles. The van der Waals surface area contributed by atoms with E-state index in [1.165, 1.54) is 12.0 Å². The van der Waals surface area contributed by atoms with Crippen LogP contribution in [0, 0.1) is 0 Å². The number of aromatic nitrogens is 1. The number of amides is 1. The molecule has 1 amide bonds. The number of carbonyl (C=O) groups is 1. The Morgan fingerprint density at radius 3 is 2.50 bits per heavy atom. The minimum absolute atomic E-state index is 0.205. The van der Waals surface area contributed by atoms with E-state index in [9.17, 15) is 4.79 Å². The molecule has 1 aromatic heterocycles. The lowest BCUT2D eigenvalue weighted by atomic mass is 10.2. The molecular weight excluding hydrogens is 374 g/mol. The standard InChI is InChI=1S/C24H25N5O/c25-21-8-4-5-9-22(21)27-24(30)18-10-11-23(26-13-18)29-16-19-12-20(29)15-28(19)14-17-6-2-1-3-7-17/h1-11,13,19-20H,12,14-16,25H2,(H,27,30)/t19-,20-/m0/s1. The van der Waals surface area contributed by atoms with Gasteiger partial charge in [-0.3, -0.25) is 9.69 Å². The summed E-state index contributed by atoms with van der Waals surface area (Å²) in [5.41, 5.74) is 8.96. The Labute approximate surface area is 176 Å². The van der Waals surface area contributed by atoms with Gasteiger partial charge in [-0.25, -0.2) is 4.98 Å². The maximum atomic E-state index is 12.5. The van der Waals surface area contributed by atoms with E-state index in [4.69, 9.17) is 5.73 Å². The smallest absolute Gasteiger partial charge is 0.257 e. The number of hydrogen-bond donors (Lipinski definition) is 2. The SMILES string of the molecule is Nc1ccccc1NC(=O)c1ccc(N2C[C@@H]3C[C@H]2CN3Cc2ccccc2)nc1. The van der Waals surface area contributed by atoms with E-state index < -0.39 is 0 Å². The number of nitrogen functional groups attached to an aromatic ring is 1. The van der Waals surface area contributed by atoms with Crippen molar-refractivity contribution in [2.24, 2.45) is 0 Å². The molecule has 152 valence electrons. The Morgan fingerprint density at radius 1 is 1.00 bits per heavy atom. The lowest BCUT2D eigenvalue weighted by Gasteiger charge is -2.35. The number of carbonyl (C=O) groups excluding carboxylic acids is 1. The second-order valence-electron chi connectivity index (χ2n) is 8.06. The summed E-state index contributed by atoms with van der Waals surface area (Å²) in [5, 5.41) is 2.85. The van der Waals surface area contributed by atoms with E-state index in [1.807, 2.05) is 24.3 Å². The predicted octanol–water partition coefficient (Wildman–Crippen LogP) is 3.38. The minimum atomic E-state index is -0.205. The molecule has 2 aliphatic rings. The Hall–Kier alpha value is -3.38. The topological polar surface area (TPSA) is 74.5 Å². The summed E-state index contributed by atoms with van der Waals surface area (Å²) in [4.78, 5) is 22.1. The minimum Gasteiger partial charge on any atom is -0.397 e. The number of nitrogens with one attached hydrogen (secondary N) is 1. The van der Waals surface area contributed by atoms with Crippen molar-refractivity contribution in [2.75, 3.05) is 29.0 Å². The number of pyridine rings is 1. The average molecular weight is 399 g/mol. The molecule has 5 rings (SSSR count). The van der Waals surface area contributed by atoms with Gasteiger partial charge < -0.3 is 16.0 Å². The van der Waals surface area contributed by atoms with Gasteiger partial charge >= 0.3 is 0 Å². The van der Waals surface area contributed by atoms with Crippen LogP contribution in [-0.4, -0.2) is 41.0 Å². The van der Waals surface area contributed by atoms with Crippen molar-refractivity contribution < 1.29 is 4.79 Å². The molecule has 0 unspecified atom stereocenters. The van der Waals surface area contributed by atoms with Crippen LogP contribution < -0.4 is 16.0 Å². The highest BCUT2D eigenvalue weighted by Crippen LogP contribution is 2.34. The second kappa shape index (κ2) is 7.80. The fourth-order valence-corrected chi connectivity index (χ4v) is 4.54. The van der Waals surface area contributed by atoms with Crippen LogP contribution in [0.5, 0.6) is 0 Å². The van der Waals surface area contributed by atoms with Gasteiger partial charge in [0.25, 0.3) is 5.91 Å². The molecule has 3 aromatic rings. The van der Waals surface area contributed by atoms with Crippen LogP contribution >= 0.6 is 0 Å². The summed E-state index contributed by atoms with van der Waals surface area (Å²) in [6.45, 7) is 3.04. The van der Waals surface area contributed by atoms with Gasteiger partial charge in [0.05, 0.1) is 16.9 Å². The third-order valence-electron chi connectivity index (χ3n) is 6.10. The zero-order chi connectivity index (χ0) is 20.5. The lowest BCUT2D eigenvalue weighted by molar-refractivity contribution is 0.102. The monoisotopic (exact) mass is 399 g/mol. The summed E-state index contributed by atoms with van der Waals surface area (Å²) >= 11 is 0. The van der Waals surface area contributed by atoms with Crippen LogP contribution in [0.15, 0.2) is 72.9 Å². The van der Waals surface area contributed by atoms with E-state index in [1.54, 1.807) is 18.3 Å². The zero-order valence-corrected chi connectivity index (χ0v) is 16.7. The molecular formula is C24H25N5O. The number of rotatable bonds is 5. The van der Waals surface area contributed by atoms with Crippen LogP contribution in [0.4, 0.5) is 17.2 Å². The van der Waals surface area contributed by atoms with Gasteiger partial charge in [0.15, 0.2) is 0 Å². The number of fused-ring (bicyclic) bond motifs is 2. The quantitative estimate of drug-likeness (QED) is 0.644. The van der Waals surface area contributed by atoms with Crippen molar-refractivity contribution in [3.8, 4) is 0 Å². The zero-order valence-electron chi connectivity index (χ0n) is 16.7. The van der Waals surface area contributed by atoms with E-state index in [0.717, 1.165) is 25.5 Å². The highest BCUT2D eigenvalue weighted by atomic mass is 16.1. The molecule has 0 spiro atoms. The van der Waals surface area contributed by atoms with Crippen molar-refractivity contribution >= 4 is 23.1 Å². The number of hydrogen-bond acceptors (Lipinski definition) is 5. The van der Waals surface area contributed by atoms with Crippen molar-refractivity contribution in [1.29, 1.82) is 0 Å². The lowest BCUT2D eigenvalue weighted by Crippen LogP contribution is -2.46. The molecule has 6 heteroatoms. The second-order valence-corrected chi connectivity index (χ2v) is 8.06. The largest absolute Gasteiger partial charge is 0.397 e. The molecule has 3 heterocycles. The molecule has 0 saturated carbocycles. The van der Waals surface area contributed by atoms with Gasteiger partial charge in [-0.2, -0.15) is 0 Å². The van der Waals surface area contributed by atoms with Crippen molar-refractivity contribution in [3.63, 3.8) is 0 Å². The molecule has 6 nitrogen and oxygen atoms in total. The normalized spacial score (nSPS) is 20.5. The van der Waals surface area contributed by atoms with Crippen LogP contribution in [0.3, 0.4) is 0 Å². The predicted molar refractivity (Wildman–Crippen MR) is 119 cm³/mol. The Kier molecular flexibility index (Phi) is 4.85. The fourth-order valence-electron chi connectivity index (χ4n) is 4.54. The van der Waals surface area contributed by atoms with Gasteiger partial charge in [-0.05, 0) is 36.2 Å². The van der Waals surface area contributed by atoms with E-state index in [0.29, 0.717) is 29.0 Å². The Morgan fingerprint density at radius 2 is 1.80 bits per heavy atom. The van der Waals surface area contributed by atoms with Gasteiger partial charge in [0.1, 0.15) is 5.82 Å². The molecule has 0 aliphatic carbocycles. The number of likely N-dealkylation sites (tertiary alicyclic amines) is 1. The number of piperazine rings is 1. The molecule has 0 radical (unpaired) electrons. The third-order valence-corrected chi connectivity index (χ3v) is 6.10. The molecule has 2 aliphatic heterocycles. The highest BCUT2D eigenvalue weighted by molar-refractivity contribution is 6.05. The number of nitrogens with zero attached hydrogens (tertiary/aromatic N) is 3. The van der Waals surface area contributed by atoms with Crippen LogP contribution in [0.1, 0.15) is 22.3 Å². The summed E-state index contributed by atoms with van der Waals surface area (Å²) in [7, 11) is 0. The average Bonchev–Trinajstić information content (AvgIpc) is 3.37. The Balaban J connectivity index is 1.22. The number of nitrogens with two attached hydrogens (primary N) is 1. The highest BCUT2D eigenvalue weighted by Gasteiger charge is 2.43. The fraction of sp³-hybridized carbons (Fsp3) is 0.250. The van der Waals surface area contributed by atoms with Crippen molar-refractivity contribution in [1.82, 2.24) is 9.88 Å². The molecule has 2 saturated heterocycles. The van der Waals surface area contributed by atoms with Crippen molar-refractivity contribution in [2.45, 2.75) is 25.0 Å². The first-order chi connectivity index (χ1) is 14.7. The first-order valence-corrected chi connectivity index (χ1v) is 10.3. The maximum Gasteiger partial charge on any atom is 0.257 e. The number of para-hydroxylation sites is 2. The number of benzene rings is 2. The van der Waals surface area contributed by atoms with Gasteiger partial charge in [-0.15, -0.1) is 0 Å². The summed E-state index contributed by atoms with van der Waals surface area (Å²) in [6.07, 6.45) is 2.82. The van der Waals surface area contributed by atoms with E-state index in [2.05, 4.69) is 50.4 Å². The summed E-state index contributed by atoms with van der Waals surface area (Å²) in [5.74, 6) is 0.738. The first-order valence-electron chi connectivity index (χ1n) is 10.3. The molecule has 2 fully saturated rings. The third kappa shape index (κ3) is 3.62. The van der Waals surface area contributed by atoms with Gasteiger partial charge in [0.2, 0.25) is 0 Å². The first kappa shape index (κ1) is 18.6. The molecule has 2 bridgehead atoms. The Bertz CT molecular complexity index is 1040. The van der Waals surface area contributed by atoms with Gasteiger partial charge in [0, 0.05) is 37.9 Å². The molecule has 2 atom stereocenters. The molecule has 3 N–H and O–H groups in total. The van der Waals surface area contributed by atoms with Gasteiger partial charge in [-0.1, -0.05) is 42.5 Å².